The second-order valence-electron chi connectivity index (χ2n) is 7.11. The summed E-state index contributed by atoms with van der Waals surface area (Å²) in [4.78, 5) is 16.6. The van der Waals surface area contributed by atoms with E-state index in [0.29, 0.717) is 49.6 Å². The van der Waals surface area contributed by atoms with Crippen molar-refractivity contribution in [3.05, 3.63) is 41.3 Å². The molecule has 1 fully saturated rings. The van der Waals surface area contributed by atoms with E-state index in [4.69, 9.17) is 4.74 Å². The lowest BCUT2D eigenvalue weighted by molar-refractivity contribution is 0.0712. The van der Waals surface area contributed by atoms with Gasteiger partial charge in [0.2, 0.25) is 10.0 Å². The maximum atomic E-state index is 13.2. The molecule has 3 rings (SSSR count). The predicted molar refractivity (Wildman–Crippen MR) is 117 cm³/mol. The minimum atomic E-state index is -3.23. The average Bonchev–Trinajstić information content (AvgIpc) is 3.12. The van der Waals surface area contributed by atoms with E-state index in [0.717, 1.165) is 10.4 Å². The average molecular weight is 437 g/mol. The Morgan fingerprint density at radius 2 is 1.90 bits per heavy atom. The summed E-state index contributed by atoms with van der Waals surface area (Å²) >= 11 is 1.44. The molecular weight excluding hydrogens is 408 g/mol. The minimum absolute atomic E-state index is 0.0458. The minimum Gasteiger partial charge on any atom is -0.492 e. The largest absolute Gasteiger partial charge is 0.492 e. The third-order valence-corrected chi connectivity index (χ3v) is 7.64. The van der Waals surface area contributed by atoms with Gasteiger partial charge in [-0.15, -0.1) is 11.3 Å². The number of ether oxygens (including phenoxy) is 1. The van der Waals surface area contributed by atoms with Crippen LogP contribution in [0.4, 0.5) is 0 Å². The first-order valence-corrected chi connectivity index (χ1v) is 12.5. The van der Waals surface area contributed by atoms with Gasteiger partial charge in [0.25, 0.3) is 5.91 Å². The fraction of sp³-hybridized carbons (Fsp3) is 0.476. The van der Waals surface area contributed by atoms with E-state index in [9.17, 15) is 13.2 Å². The maximum Gasteiger partial charge on any atom is 0.267 e. The highest BCUT2D eigenvalue weighted by atomic mass is 32.2. The van der Waals surface area contributed by atoms with E-state index in [2.05, 4.69) is 4.72 Å². The van der Waals surface area contributed by atoms with Crippen LogP contribution in [0.15, 0.2) is 36.4 Å². The molecule has 1 aromatic carbocycles. The molecule has 0 spiro atoms. The molecule has 0 saturated carbocycles. The molecule has 0 unspecified atom stereocenters. The van der Waals surface area contributed by atoms with Crippen molar-refractivity contribution in [1.29, 1.82) is 0 Å². The maximum absolute atomic E-state index is 13.2. The lowest BCUT2D eigenvalue weighted by Gasteiger charge is -2.32. The van der Waals surface area contributed by atoms with Crippen molar-refractivity contribution < 1.29 is 17.9 Å². The van der Waals surface area contributed by atoms with Gasteiger partial charge >= 0.3 is 0 Å². The van der Waals surface area contributed by atoms with Gasteiger partial charge in [-0.2, -0.15) is 0 Å². The van der Waals surface area contributed by atoms with Crippen LogP contribution in [0.2, 0.25) is 0 Å². The summed E-state index contributed by atoms with van der Waals surface area (Å²) in [5.74, 6) is 0.712. The summed E-state index contributed by atoms with van der Waals surface area (Å²) in [6, 6.07) is 11.8. The van der Waals surface area contributed by atoms with Crippen molar-refractivity contribution >= 4 is 27.3 Å². The van der Waals surface area contributed by atoms with Crippen molar-refractivity contribution in [2.75, 3.05) is 25.4 Å². The smallest absolute Gasteiger partial charge is 0.267 e. The number of benzene rings is 1. The van der Waals surface area contributed by atoms with E-state index in [1.165, 1.54) is 11.3 Å². The van der Waals surface area contributed by atoms with E-state index < -0.39 is 10.0 Å². The Morgan fingerprint density at radius 1 is 1.21 bits per heavy atom. The number of rotatable bonds is 8. The molecule has 158 valence electrons. The van der Waals surface area contributed by atoms with Crippen LogP contribution in [-0.2, 0) is 10.0 Å². The normalized spacial score (nSPS) is 15.4. The molecule has 0 aliphatic carbocycles. The Labute approximate surface area is 176 Å². The first-order valence-electron chi connectivity index (χ1n) is 10.0. The Hall–Kier alpha value is -1.90. The lowest BCUT2D eigenvalue weighted by atomic mass is 10.1. The molecule has 0 radical (unpaired) electrons. The molecule has 2 heterocycles. The van der Waals surface area contributed by atoms with E-state index >= 15 is 0 Å². The third kappa shape index (κ3) is 5.58. The predicted octanol–water partition coefficient (Wildman–Crippen LogP) is 3.75. The quantitative estimate of drug-likeness (QED) is 0.684. The molecule has 1 aliphatic rings. The Bertz CT molecular complexity index is 917. The van der Waals surface area contributed by atoms with Gasteiger partial charge in [-0.05, 0) is 37.8 Å². The van der Waals surface area contributed by atoms with Crippen molar-refractivity contribution in [3.63, 3.8) is 0 Å². The topological polar surface area (TPSA) is 75.7 Å². The molecule has 6 nitrogen and oxygen atoms in total. The van der Waals surface area contributed by atoms with Crippen molar-refractivity contribution in [2.45, 2.75) is 39.2 Å². The van der Waals surface area contributed by atoms with Gasteiger partial charge < -0.3 is 9.64 Å². The summed E-state index contributed by atoms with van der Waals surface area (Å²) in [6.07, 6.45) is 1.83. The zero-order valence-electron chi connectivity index (χ0n) is 16.9. The fourth-order valence-electron chi connectivity index (χ4n) is 3.46. The van der Waals surface area contributed by atoms with Crippen LogP contribution >= 0.6 is 11.3 Å². The van der Waals surface area contributed by atoms with Crippen LogP contribution in [0.5, 0.6) is 5.75 Å². The Morgan fingerprint density at radius 3 is 2.52 bits per heavy atom. The van der Waals surface area contributed by atoms with Gasteiger partial charge in [-0.1, -0.05) is 37.3 Å². The molecule has 29 heavy (non-hydrogen) atoms. The highest BCUT2D eigenvalue weighted by Gasteiger charge is 2.29. The highest BCUT2D eigenvalue weighted by Crippen LogP contribution is 2.37. The Balaban J connectivity index is 1.70. The molecule has 1 aromatic heterocycles. The summed E-state index contributed by atoms with van der Waals surface area (Å²) in [7, 11) is -3.23. The summed E-state index contributed by atoms with van der Waals surface area (Å²) in [5.41, 5.74) is 1.06. The number of piperidine rings is 1. The molecule has 1 N–H and O–H groups in total. The zero-order valence-corrected chi connectivity index (χ0v) is 18.5. The van der Waals surface area contributed by atoms with Gasteiger partial charge in [-0.3, -0.25) is 4.79 Å². The molecule has 0 atom stereocenters. The summed E-state index contributed by atoms with van der Waals surface area (Å²) in [5, 5.41) is 0. The number of sulfonamides is 1. The molecule has 2 aromatic rings. The number of carbonyl (C=O) groups excluding carboxylic acids is 1. The lowest BCUT2D eigenvalue weighted by Crippen LogP contribution is -2.46. The standard InChI is InChI=1S/C21H28N2O4S2/c1-3-14-29(25,26)22-17-10-12-23(13-11-17)21(24)20-18(27-4-2)15-19(28-20)16-8-6-5-7-9-16/h5-9,15,17,22H,3-4,10-14H2,1-2H3. The molecule has 0 bridgehead atoms. The number of carbonyl (C=O) groups is 1. The molecular formula is C21H28N2O4S2. The molecule has 1 saturated heterocycles. The fourth-order valence-corrected chi connectivity index (χ4v) is 5.93. The first kappa shape index (κ1) is 21.8. The van der Waals surface area contributed by atoms with Crippen molar-refractivity contribution in [1.82, 2.24) is 9.62 Å². The first-order chi connectivity index (χ1) is 13.9. The van der Waals surface area contributed by atoms with Crippen LogP contribution in [0.1, 0.15) is 42.8 Å². The molecule has 1 aliphatic heterocycles. The monoisotopic (exact) mass is 436 g/mol. The van der Waals surface area contributed by atoms with Gasteiger partial charge in [0.1, 0.15) is 10.6 Å². The van der Waals surface area contributed by atoms with Crippen molar-refractivity contribution in [3.8, 4) is 16.2 Å². The zero-order chi connectivity index (χ0) is 20.9. The SMILES string of the molecule is CCCS(=O)(=O)NC1CCN(C(=O)c2sc(-c3ccccc3)cc2OCC)CC1. The number of hydrogen-bond donors (Lipinski definition) is 1. The number of nitrogens with zero attached hydrogens (tertiary/aromatic N) is 1. The van der Waals surface area contributed by atoms with Gasteiger partial charge in [0.05, 0.1) is 12.4 Å². The third-order valence-electron chi connectivity index (χ3n) is 4.85. The van der Waals surface area contributed by atoms with E-state index in [-0.39, 0.29) is 17.7 Å². The molecule has 1 amide bonds. The van der Waals surface area contributed by atoms with Crippen LogP contribution in [-0.4, -0.2) is 50.7 Å². The number of likely N-dealkylation sites (tertiary alicyclic amines) is 1. The Kier molecular flexibility index (Phi) is 7.32. The number of thiophene rings is 1. The highest BCUT2D eigenvalue weighted by molar-refractivity contribution is 7.89. The van der Waals surface area contributed by atoms with Crippen LogP contribution in [0.25, 0.3) is 10.4 Å². The number of nitrogens with one attached hydrogen (secondary N) is 1. The van der Waals surface area contributed by atoms with Crippen LogP contribution in [0, 0.1) is 0 Å². The second kappa shape index (κ2) is 9.73. The van der Waals surface area contributed by atoms with E-state index in [1.54, 1.807) is 4.90 Å². The van der Waals surface area contributed by atoms with Gasteiger partial charge in [0.15, 0.2) is 0 Å². The van der Waals surface area contributed by atoms with Gasteiger partial charge in [-0.25, -0.2) is 13.1 Å². The van der Waals surface area contributed by atoms with Crippen molar-refractivity contribution in [2.24, 2.45) is 0 Å². The second-order valence-corrected chi connectivity index (χ2v) is 10.0. The molecule has 8 heteroatoms. The van der Waals surface area contributed by atoms with E-state index in [1.807, 2.05) is 50.2 Å². The summed E-state index contributed by atoms with van der Waals surface area (Å²) < 4.78 is 32.5. The number of amides is 1. The van der Waals surface area contributed by atoms with Crippen LogP contribution in [0.3, 0.4) is 0 Å². The van der Waals surface area contributed by atoms with Crippen LogP contribution < -0.4 is 9.46 Å². The number of hydrogen-bond acceptors (Lipinski definition) is 5. The van der Waals surface area contributed by atoms with Gasteiger partial charge in [0, 0.05) is 24.0 Å². The summed E-state index contributed by atoms with van der Waals surface area (Å²) in [6.45, 7) is 5.31.